The summed E-state index contributed by atoms with van der Waals surface area (Å²) in [5, 5.41) is 2.98. The van der Waals surface area contributed by atoms with Crippen LogP contribution in [0.1, 0.15) is 67.1 Å². The number of alkyl halides is 2. The fourth-order valence-corrected chi connectivity index (χ4v) is 6.33. The first-order chi connectivity index (χ1) is 18.7. The largest absolute Gasteiger partial charge is 0.450 e. The van der Waals surface area contributed by atoms with Gasteiger partial charge >= 0.3 is 6.09 Å². The van der Waals surface area contributed by atoms with Gasteiger partial charge in [-0.25, -0.2) is 13.6 Å². The molecule has 3 amide bonds. The topological polar surface area (TPSA) is 91.8 Å². The third-order valence-electron chi connectivity index (χ3n) is 8.12. The lowest BCUT2D eigenvalue weighted by Gasteiger charge is -2.32. The van der Waals surface area contributed by atoms with Gasteiger partial charge in [0, 0.05) is 37.6 Å². The van der Waals surface area contributed by atoms with Crippen LogP contribution in [0, 0.1) is 5.92 Å². The van der Waals surface area contributed by atoms with Gasteiger partial charge in [-0.2, -0.15) is 0 Å². The predicted octanol–water partition coefficient (Wildman–Crippen LogP) is 5.11. The number of nitrogens with zero attached hydrogens (tertiary/aromatic N) is 3. The summed E-state index contributed by atoms with van der Waals surface area (Å²) in [6.45, 7) is 3.36. The SMILES string of the molecule is CCOC(=O)N1CCC2(C1)C(=O)N(CC1CCC(NC(=O)c3cc(Cl)cnc3C(F)F)CC1)c1ccccc12. The fourth-order valence-electron chi connectivity index (χ4n) is 6.17. The summed E-state index contributed by atoms with van der Waals surface area (Å²) in [5.74, 6) is -0.377. The Labute approximate surface area is 230 Å². The second-order valence-electron chi connectivity index (χ2n) is 10.5. The van der Waals surface area contributed by atoms with Crippen LogP contribution in [0.3, 0.4) is 0 Å². The standard InChI is InChI=1S/C28H31ClF2N4O4/c1-2-39-27(38)34-12-11-28(16-34)21-5-3-4-6-22(21)35(26(28)37)15-17-7-9-19(10-8-17)33-25(36)20-13-18(29)14-32-23(20)24(30)31/h3-6,13-14,17,19,24H,2,7-12,15-16H2,1H3,(H,33,36). The molecule has 1 aromatic heterocycles. The van der Waals surface area contributed by atoms with Crippen molar-refractivity contribution in [3.8, 4) is 0 Å². The molecule has 8 nitrogen and oxygen atoms in total. The molecule has 0 bridgehead atoms. The van der Waals surface area contributed by atoms with E-state index < -0.39 is 29.5 Å². The van der Waals surface area contributed by atoms with Crippen molar-refractivity contribution in [2.75, 3.05) is 31.1 Å². The van der Waals surface area contributed by atoms with Gasteiger partial charge in [0.2, 0.25) is 5.91 Å². The Morgan fingerprint density at radius 1 is 1.23 bits per heavy atom. The summed E-state index contributed by atoms with van der Waals surface area (Å²) in [6.07, 6.45) is 1.26. The zero-order chi connectivity index (χ0) is 27.7. The number of ether oxygens (including phenoxy) is 1. The number of carbonyl (C=O) groups excluding carboxylic acids is 3. The zero-order valence-corrected chi connectivity index (χ0v) is 22.4. The number of rotatable bonds is 6. The predicted molar refractivity (Wildman–Crippen MR) is 141 cm³/mol. The van der Waals surface area contributed by atoms with Crippen LogP contribution in [0.2, 0.25) is 5.02 Å². The van der Waals surface area contributed by atoms with E-state index in [9.17, 15) is 23.2 Å². The Bertz CT molecular complexity index is 1270. The second kappa shape index (κ2) is 11.1. The monoisotopic (exact) mass is 560 g/mol. The van der Waals surface area contributed by atoms with Crippen molar-refractivity contribution in [3.05, 3.63) is 58.4 Å². The molecular weight excluding hydrogens is 530 g/mol. The molecule has 1 saturated carbocycles. The van der Waals surface area contributed by atoms with E-state index in [0.717, 1.165) is 30.3 Å². The summed E-state index contributed by atoms with van der Waals surface area (Å²) >= 11 is 5.89. The highest BCUT2D eigenvalue weighted by Gasteiger charge is 2.55. The number of halogens is 3. The normalized spacial score (nSPS) is 24.4. The van der Waals surface area contributed by atoms with Crippen LogP contribution in [0.4, 0.5) is 19.3 Å². The molecule has 1 spiro atoms. The van der Waals surface area contributed by atoms with E-state index in [1.165, 1.54) is 6.07 Å². The van der Waals surface area contributed by atoms with Crippen LogP contribution in [0.25, 0.3) is 0 Å². The molecule has 5 rings (SSSR count). The summed E-state index contributed by atoms with van der Waals surface area (Å²) in [5.41, 5.74) is 0.281. The number of nitrogens with one attached hydrogen (secondary N) is 1. The number of hydrogen-bond donors (Lipinski definition) is 1. The van der Waals surface area contributed by atoms with E-state index >= 15 is 0 Å². The van der Waals surface area contributed by atoms with E-state index in [0.29, 0.717) is 38.9 Å². The molecular formula is C28H31ClF2N4O4. The number of pyridine rings is 1. The lowest BCUT2D eigenvalue weighted by atomic mass is 9.81. The number of fused-ring (bicyclic) bond motifs is 2. The lowest BCUT2D eigenvalue weighted by Crippen LogP contribution is -2.45. The van der Waals surface area contributed by atoms with Gasteiger partial charge in [0.25, 0.3) is 12.3 Å². The number of aromatic nitrogens is 1. The zero-order valence-electron chi connectivity index (χ0n) is 21.7. The summed E-state index contributed by atoms with van der Waals surface area (Å²) in [6, 6.07) is 8.83. The summed E-state index contributed by atoms with van der Waals surface area (Å²) in [4.78, 5) is 46.1. The van der Waals surface area contributed by atoms with Gasteiger partial charge in [0.05, 0.1) is 22.6 Å². The maximum Gasteiger partial charge on any atom is 0.409 e. The van der Waals surface area contributed by atoms with E-state index in [1.54, 1.807) is 11.8 Å². The molecule has 1 saturated heterocycles. The van der Waals surface area contributed by atoms with Crippen molar-refractivity contribution >= 4 is 35.2 Å². The van der Waals surface area contributed by atoms with Crippen LogP contribution in [-0.4, -0.2) is 60.1 Å². The minimum atomic E-state index is -2.88. The molecule has 2 aromatic rings. The number of hydrogen-bond acceptors (Lipinski definition) is 5. The molecule has 39 heavy (non-hydrogen) atoms. The maximum absolute atomic E-state index is 13.9. The molecule has 2 aliphatic heterocycles. The van der Waals surface area contributed by atoms with Gasteiger partial charge in [-0.1, -0.05) is 29.8 Å². The third kappa shape index (κ3) is 5.18. The van der Waals surface area contributed by atoms with Crippen LogP contribution in [-0.2, 0) is 14.9 Å². The Kier molecular flexibility index (Phi) is 7.75. The molecule has 1 aliphatic carbocycles. The van der Waals surface area contributed by atoms with Crippen LogP contribution in [0.5, 0.6) is 0 Å². The fraction of sp³-hybridized carbons (Fsp3) is 0.500. The Morgan fingerprint density at radius 3 is 2.69 bits per heavy atom. The molecule has 2 fully saturated rings. The number of amides is 3. The molecule has 1 atom stereocenters. The first-order valence-electron chi connectivity index (χ1n) is 13.3. The molecule has 208 valence electrons. The molecule has 1 aromatic carbocycles. The van der Waals surface area contributed by atoms with Gasteiger partial charge in [-0.3, -0.25) is 14.6 Å². The summed E-state index contributed by atoms with van der Waals surface area (Å²) < 4.78 is 31.9. The van der Waals surface area contributed by atoms with Crippen molar-refractivity contribution in [2.24, 2.45) is 5.92 Å². The lowest BCUT2D eigenvalue weighted by molar-refractivity contribution is -0.122. The van der Waals surface area contributed by atoms with E-state index in [1.807, 2.05) is 29.2 Å². The maximum atomic E-state index is 13.9. The number of anilines is 1. The molecule has 1 unspecified atom stereocenters. The third-order valence-corrected chi connectivity index (χ3v) is 8.33. The van der Waals surface area contributed by atoms with Gasteiger partial charge in [-0.15, -0.1) is 0 Å². The highest BCUT2D eigenvalue weighted by molar-refractivity contribution is 6.30. The minimum absolute atomic E-state index is 0.0129. The Morgan fingerprint density at radius 2 is 1.97 bits per heavy atom. The summed E-state index contributed by atoms with van der Waals surface area (Å²) in [7, 11) is 0. The van der Waals surface area contributed by atoms with Crippen molar-refractivity contribution in [1.82, 2.24) is 15.2 Å². The molecule has 0 radical (unpaired) electrons. The highest BCUT2D eigenvalue weighted by atomic mass is 35.5. The van der Waals surface area contributed by atoms with Crippen LogP contribution in [0.15, 0.2) is 36.5 Å². The highest BCUT2D eigenvalue weighted by Crippen LogP contribution is 2.48. The van der Waals surface area contributed by atoms with E-state index in [-0.39, 0.29) is 35.1 Å². The number of likely N-dealkylation sites (tertiary alicyclic amines) is 1. The number of benzene rings is 1. The average molecular weight is 561 g/mol. The molecule has 3 heterocycles. The average Bonchev–Trinajstić information content (AvgIpc) is 3.47. The van der Waals surface area contributed by atoms with Crippen molar-refractivity contribution in [1.29, 1.82) is 0 Å². The quantitative estimate of drug-likeness (QED) is 0.530. The van der Waals surface area contributed by atoms with Crippen molar-refractivity contribution in [2.45, 2.75) is 56.9 Å². The molecule has 3 aliphatic rings. The first kappa shape index (κ1) is 27.3. The van der Waals surface area contributed by atoms with Gasteiger partial charge in [-0.05, 0) is 62.6 Å². The molecule has 1 N–H and O–H groups in total. The van der Waals surface area contributed by atoms with E-state index in [4.69, 9.17) is 16.3 Å². The molecule has 11 heteroatoms. The van der Waals surface area contributed by atoms with Gasteiger partial charge in [0.15, 0.2) is 0 Å². The van der Waals surface area contributed by atoms with E-state index in [2.05, 4.69) is 10.3 Å². The smallest absolute Gasteiger partial charge is 0.409 e. The number of para-hydroxylation sites is 1. The number of carbonyl (C=O) groups is 3. The first-order valence-corrected chi connectivity index (χ1v) is 13.7. The Balaban J connectivity index is 1.23. The van der Waals surface area contributed by atoms with Crippen molar-refractivity contribution in [3.63, 3.8) is 0 Å². The van der Waals surface area contributed by atoms with Crippen molar-refractivity contribution < 1.29 is 27.9 Å². The Hall–Kier alpha value is -3.27. The second-order valence-corrected chi connectivity index (χ2v) is 10.9. The minimum Gasteiger partial charge on any atom is -0.450 e. The van der Waals surface area contributed by atoms with Gasteiger partial charge < -0.3 is 19.9 Å². The van der Waals surface area contributed by atoms with Gasteiger partial charge in [0.1, 0.15) is 5.69 Å². The van der Waals surface area contributed by atoms with Crippen LogP contribution >= 0.6 is 11.6 Å². The van der Waals surface area contributed by atoms with Crippen LogP contribution < -0.4 is 10.2 Å².